The average Bonchev–Trinajstić information content (AvgIpc) is 3.44. The quantitative estimate of drug-likeness (QED) is 0.323. The Balaban J connectivity index is 1.41. The molecule has 0 aliphatic rings. The molecule has 0 spiro atoms. The van der Waals surface area contributed by atoms with Crippen LogP contribution in [0.4, 0.5) is 5.95 Å². The fourth-order valence-corrected chi connectivity index (χ4v) is 4.13. The van der Waals surface area contributed by atoms with Gasteiger partial charge in [-0.2, -0.15) is 0 Å². The molecule has 0 saturated heterocycles. The van der Waals surface area contributed by atoms with Gasteiger partial charge in [-0.25, -0.2) is 4.98 Å². The van der Waals surface area contributed by atoms with E-state index in [2.05, 4.69) is 43.8 Å². The molecular weight excluding hydrogens is 460 g/mol. The number of fused-ring (bicyclic) bond motifs is 1. The van der Waals surface area contributed by atoms with Crippen LogP contribution in [-0.2, 0) is 11.3 Å². The number of para-hydroxylation sites is 2. The Morgan fingerprint density at radius 3 is 2.64 bits per heavy atom. The van der Waals surface area contributed by atoms with Crippen molar-refractivity contribution in [2.45, 2.75) is 25.6 Å². The van der Waals surface area contributed by atoms with Crippen molar-refractivity contribution < 1.29 is 9.21 Å². The third-order valence-electron chi connectivity index (χ3n) is 5.26. The van der Waals surface area contributed by atoms with E-state index in [-0.39, 0.29) is 11.7 Å². The van der Waals surface area contributed by atoms with Crippen LogP contribution in [-0.4, -0.2) is 55.9 Å². The molecule has 2 heterocycles. The minimum atomic E-state index is -0.189. The molecule has 4 aromatic rings. The predicted octanol–water partition coefficient (Wildman–Crippen LogP) is 4.81. The molecule has 0 fully saturated rings. The standard InChI is InChI=1S/C23H25ClN6O2S/c1-3-29(4-2)13-14-30-19-8-6-5-7-18(19)25-22(30)26-20(31)15-33-23-28-27-21(32-23)16-9-11-17(24)12-10-16/h5-12H,3-4,13-15H2,1-2H3,(H,25,26,31). The topological polar surface area (TPSA) is 89.1 Å². The largest absolute Gasteiger partial charge is 0.411 e. The number of benzene rings is 2. The zero-order chi connectivity index (χ0) is 23.2. The monoisotopic (exact) mass is 484 g/mol. The van der Waals surface area contributed by atoms with Crippen molar-refractivity contribution in [3.63, 3.8) is 0 Å². The van der Waals surface area contributed by atoms with Gasteiger partial charge < -0.3 is 13.9 Å². The first-order valence-corrected chi connectivity index (χ1v) is 12.1. The van der Waals surface area contributed by atoms with E-state index in [1.165, 1.54) is 11.8 Å². The number of carbonyl (C=O) groups is 1. The van der Waals surface area contributed by atoms with E-state index < -0.39 is 0 Å². The van der Waals surface area contributed by atoms with Crippen LogP contribution in [0.15, 0.2) is 58.2 Å². The number of hydrogen-bond acceptors (Lipinski definition) is 7. The molecule has 2 aromatic heterocycles. The lowest BCUT2D eigenvalue weighted by atomic mass is 10.2. The van der Waals surface area contributed by atoms with Crippen molar-refractivity contribution in [3.8, 4) is 11.5 Å². The van der Waals surface area contributed by atoms with E-state index in [1.807, 2.05) is 24.3 Å². The molecule has 0 unspecified atom stereocenters. The highest BCUT2D eigenvalue weighted by Crippen LogP contribution is 2.25. The van der Waals surface area contributed by atoms with Crippen LogP contribution in [0.3, 0.4) is 0 Å². The molecule has 1 N–H and O–H groups in total. The van der Waals surface area contributed by atoms with Crippen LogP contribution in [0.25, 0.3) is 22.5 Å². The van der Waals surface area contributed by atoms with Crippen molar-refractivity contribution in [1.82, 2.24) is 24.6 Å². The number of imidazole rings is 1. The van der Waals surface area contributed by atoms with Crippen molar-refractivity contribution in [3.05, 3.63) is 53.6 Å². The molecule has 1 amide bonds. The van der Waals surface area contributed by atoms with Gasteiger partial charge in [-0.05, 0) is 49.5 Å². The van der Waals surface area contributed by atoms with Gasteiger partial charge in [-0.1, -0.05) is 49.3 Å². The summed E-state index contributed by atoms with van der Waals surface area (Å²) in [4.78, 5) is 19.6. The lowest BCUT2D eigenvalue weighted by Crippen LogP contribution is -2.28. The predicted molar refractivity (Wildman–Crippen MR) is 132 cm³/mol. The Morgan fingerprint density at radius 2 is 1.88 bits per heavy atom. The number of rotatable bonds is 10. The first-order valence-electron chi connectivity index (χ1n) is 10.8. The third-order valence-corrected chi connectivity index (χ3v) is 6.33. The number of nitrogens with zero attached hydrogens (tertiary/aromatic N) is 5. The number of likely N-dealkylation sites (N-methyl/N-ethyl adjacent to an activating group) is 1. The number of anilines is 1. The van der Waals surface area contributed by atoms with E-state index in [1.54, 1.807) is 24.3 Å². The molecule has 2 aromatic carbocycles. The lowest BCUT2D eigenvalue weighted by Gasteiger charge is -2.19. The summed E-state index contributed by atoms with van der Waals surface area (Å²) < 4.78 is 7.72. The van der Waals surface area contributed by atoms with E-state index >= 15 is 0 Å². The highest BCUT2D eigenvalue weighted by atomic mass is 35.5. The normalized spacial score (nSPS) is 11.4. The van der Waals surface area contributed by atoms with Crippen LogP contribution >= 0.6 is 23.4 Å². The Bertz CT molecular complexity index is 1220. The molecule has 0 bridgehead atoms. The first-order chi connectivity index (χ1) is 16.1. The summed E-state index contributed by atoms with van der Waals surface area (Å²) in [6.45, 7) is 7.85. The number of halogens is 1. The Hall–Kier alpha value is -2.88. The fourth-order valence-electron chi connectivity index (χ4n) is 3.44. The second-order valence-corrected chi connectivity index (χ2v) is 8.68. The SMILES string of the molecule is CCN(CC)CCn1c(NC(=O)CSc2nnc(-c3ccc(Cl)cc3)o2)nc2ccccc21. The molecule has 0 atom stereocenters. The summed E-state index contributed by atoms with van der Waals surface area (Å²) in [7, 11) is 0. The maximum Gasteiger partial charge on any atom is 0.277 e. The summed E-state index contributed by atoms with van der Waals surface area (Å²) in [5.74, 6) is 0.862. The smallest absolute Gasteiger partial charge is 0.277 e. The highest BCUT2D eigenvalue weighted by molar-refractivity contribution is 7.99. The van der Waals surface area contributed by atoms with Gasteiger partial charge in [-0.15, -0.1) is 10.2 Å². The van der Waals surface area contributed by atoms with Crippen LogP contribution in [0.2, 0.25) is 5.02 Å². The van der Waals surface area contributed by atoms with E-state index in [0.29, 0.717) is 22.1 Å². The maximum atomic E-state index is 12.7. The molecule has 0 saturated carbocycles. The molecule has 8 nitrogen and oxygen atoms in total. The third kappa shape index (κ3) is 5.73. The van der Waals surface area contributed by atoms with Gasteiger partial charge in [-0.3, -0.25) is 10.1 Å². The van der Waals surface area contributed by atoms with Gasteiger partial charge in [0.05, 0.1) is 16.8 Å². The van der Waals surface area contributed by atoms with E-state index in [4.69, 9.17) is 16.0 Å². The van der Waals surface area contributed by atoms with Crippen molar-refractivity contribution in [1.29, 1.82) is 0 Å². The Labute approximate surface area is 201 Å². The van der Waals surface area contributed by atoms with Crippen molar-refractivity contribution in [2.75, 3.05) is 30.7 Å². The number of carbonyl (C=O) groups excluding carboxylic acids is 1. The number of nitrogens with one attached hydrogen (secondary N) is 1. The van der Waals surface area contributed by atoms with Crippen molar-refractivity contribution >= 4 is 46.3 Å². The number of amides is 1. The van der Waals surface area contributed by atoms with Crippen LogP contribution in [0.1, 0.15) is 13.8 Å². The van der Waals surface area contributed by atoms with Crippen molar-refractivity contribution in [2.24, 2.45) is 0 Å². The number of thioether (sulfide) groups is 1. The maximum absolute atomic E-state index is 12.7. The average molecular weight is 485 g/mol. The van der Waals surface area contributed by atoms with Crippen LogP contribution < -0.4 is 5.32 Å². The Kier molecular flexibility index (Phi) is 7.64. The summed E-state index contributed by atoms with van der Waals surface area (Å²) in [5.41, 5.74) is 2.62. The van der Waals surface area contributed by atoms with Gasteiger partial charge in [0.25, 0.3) is 5.22 Å². The molecule has 0 radical (unpaired) electrons. The minimum Gasteiger partial charge on any atom is -0.411 e. The fraction of sp³-hybridized carbons (Fsp3) is 0.304. The molecule has 4 rings (SSSR count). The summed E-state index contributed by atoms with van der Waals surface area (Å²) >= 11 is 7.10. The van der Waals surface area contributed by atoms with Crippen LogP contribution in [0, 0.1) is 0 Å². The summed E-state index contributed by atoms with van der Waals surface area (Å²) in [6, 6.07) is 15.0. The van der Waals surface area contributed by atoms with Gasteiger partial charge in [0.1, 0.15) is 0 Å². The summed E-state index contributed by atoms with van der Waals surface area (Å²) in [6.07, 6.45) is 0. The Morgan fingerprint density at radius 1 is 1.12 bits per heavy atom. The van der Waals surface area contributed by atoms with E-state index in [9.17, 15) is 4.79 Å². The number of aromatic nitrogens is 4. The van der Waals surface area contributed by atoms with Gasteiger partial charge >= 0.3 is 0 Å². The van der Waals surface area contributed by atoms with Crippen LogP contribution in [0.5, 0.6) is 0 Å². The molecule has 33 heavy (non-hydrogen) atoms. The minimum absolute atomic E-state index is 0.126. The number of hydrogen-bond donors (Lipinski definition) is 1. The van der Waals surface area contributed by atoms with Gasteiger partial charge in [0, 0.05) is 23.7 Å². The summed E-state index contributed by atoms with van der Waals surface area (Å²) in [5, 5.41) is 12.0. The second kappa shape index (κ2) is 10.8. The molecule has 0 aliphatic heterocycles. The lowest BCUT2D eigenvalue weighted by molar-refractivity contribution is -0.113. The molecule has 172 valence electrons. The first kappa shape index (κ1) is 23.3. The second-order valence-electron chi connectivity index (χ2n) is 7.32. The zero-order valence-corrected chi connectivity index (χ0v) is 20.1. The molecular formula is C23H25ClN6O2S. The zero-order valence-electron chi connectivity index (χ0n) is 18.5. The van der Waals surface area contributed by atoms with Gasteiger partial charge in [0.15, 0.2) is 0 Å². The van der Waals surface area contributed by atoms with Gasteiger partial charge in [0.2, 0.25) is 17.7 Å². The molecule has 0 aliphatic carbocycles. The highest BCUT2D eigenvalue weighted by Gasteiger charge is 2.16. The van der Waals surface area contributed by atoms with E-state index in [0.717, 1.165) is 42.8 Å². The molecule has 10 heteroatoms.